The van der Waals surface area contributed by atoms with Crippen molar-refractivity contribution in [1.82, 2.24) is 15.6 Å². The Hall–Kier alpha value is -2.32. The topological polar surface area (TPSA) is 87.6 Å². The normalized spacial score (nSPS) is 24.9. The molecule has 4 heterocycles. The third-order valence-electron chi connectivity index (χ3n) is 6.08. The second kappa shape index (κ2) is 10.1. The van der Waals surface area contributed by atoms with E-state index >= 15 is 0 Å². The maximum absolute atomic E-state index is 14.5. The Kier molecular flexibility index (Phi) is 7.07. The molecule has 2 atom stereocenters. The molecule has 3 aliphatic rings. The lowest BCUT2D eigenvalue weighted by molar-refractivity contribution is -0.120. The average molecular weight is 416 g/mol. The number of amides is 1. The van der Waals surface area contributed by atoms with Gasteiger partial charge in [0, 0.05) is 50.2 Å². The fraction of sp³-hybridized carbons (Fsp3) is 0.591. The van der Waals surface area contributed by atoms with Gasteiger partial charge in [-0.2, -0.15) is 0 Å². The smallest absolute Gasteiger partial charge is 0.229 e. The number of nitrogens with zero attached hydrogens (tertiary/aromatic N) is 2. The van der Waals surface area contributed by atoms with Gasteiger partial charge in [-0.05, 0) is 50.3 Å². The first-order chi connectivity index (χ1) is 14.7. The number of halogens is 1. The van der Waals surface area contributed by atoms with Gasteiger partial charge in [0.2, 0.25) is 5.91 Å². The van der Waals surface area contributed by atoms with E-state index < -0.39 is 5.82 Å². The van der Waals surface area contributed by atoms with Gasteiger partial charge in [0.05, 0.1) is 18.2 Å². The second-order valence-electron chi connectivity index (χ2n) is 8.27. The molecule has 0 aromatic carbocycles. The Morgan fingerprint density at radius 2 is 2.17 bits per heavy atom. The summed E-state index contributed by atoms with van der Waals surface area (Å²) in [7, 11) is 0. The van der Waals surface area contributed by atoms with Crippen molar-refractivity contribution in [3.05, 3.63) is 35.4 Å². The monoisotopic (exact) mass is 415 g/mol. The minimum Gasteiger partial charge on any atom is -0.388 e. The summed E-state index contributed by atoms with van der Waals surface area (Å²) in [5, 5.41) is 9.58. The lowest BCUT2D eigenvalue weighted by Gasteiger charge is -2.25. The molecule has 1 unspecified atom stereocenters. The number of hydrogen-bond acceptors (Lipinski definition) is 6. The maximum Gasteiger partial charge on any atom is 0.229 e. The minimum absolute atomic E-state index is 0.0712. The largest absolute Gasteiger partial charge is 0.388 e. The molecule has 0 radical (unpaired) electrons. The number of nitrogens with one attached hydrogen (secondary N) is 3. The lowest BCUT2D eigenvalue weighted by atomic mass is 9.98. The zero-order valence-corrected chi connectivity index (χ0v) is 17.2. The van der Waals surface area contributed by atoms with E-state index in [9.17, 15) is 9.18 Å². The number of piperidine rings is 1. The molecule has 1 aromatic rings. The molecule has 3 aliphatic heterocycles. The standard InChI is InChI=1S/C22H30FN5O2/c23-19-14-27-21(28-22(29)16-2-1-6-24-13-16)11-18(19)20-10-17(3-7-25-20)26-12-15-4-8-30-9-5-15/h3,7,11,14-16,20,24,26H,1-2,4-6,8-10,12-13H2,(H,27,28,29)/t16-,20?/m1/s1. The van der Waals surface area contributed by atoms with Crippen molar-refractivity contribution in [3.8, 4) is 0 Å². The number of aliphatic imine (C=N–C) groups is 1. The molecule has 0 aliphatic carbocycles. The fourth-order valence-electron chi connectivity index (χ4n) is 4.20. The molecule has 1 amide bonds. The number of dihydropyridines is 1. The Balaban J connectivity index is 1.37. The van der Waals surface area contributed by atoms with Crippen LogP contribution in [0.3, 0.4) is 0 Å². The lowest BCUT2D eigenvalue weighted by Crippen LogP contribution is -2.37. The van der Waals surface area contributed by atoms with Crippen molar-refractivity contribution in [1.29, 1.82) is 0 Å². The second-order valence-corrected chi connectivity index (χ2v) is 8.27. The van der Waals surface area contributed by atoms with Crippen LogP contribution in [0.5, 0.6) is 0 Å². The van der Waals surface area contributed by atoms with Crippen molar-refractivity contribution in [3.63, 3.8) is 0 Å². The summed E-state index contributed by atoms with van der Waals surface area (Å²) in [6.45, 7) is 4.15. The van der Waals surface area contributed by atoms with Gasteiger partial charge < -0.3 is 20.7 Å². The Morgan fingerprint density at radius 1 is 1.30 bits per heavy atom. The van der Waals surface area contributed by atoms with Gasteiger partial charge in [-0.1, -0.05) is 0 Å². The summed E-state index contributed by atoms with van der Waals surface area (Å²) in [6.07, 6.45) is 9.42. The van der Waals surface area contributed by atoms with E-state index in [0.717, 1.165) is 57.7 Å². The number of allylic oxidation sites excluding steroid dienone is 1. The quantitative estimate of drug-likeness (QED) is 0.665. The number of anilines is 1. The number of ether oxygens (including phenoxy) is 1. The first-order valence-electron chi connectivity index (χ1n) is 10.9. The number of pyridine rings is 1. The van der Waals surface area contributed by atoms with Gasteiger partial charge in [-0.3, -0.25) is 9.79 Å². The molecule has 1 aromatic heterocycles. The van der Waals surface area contributed by atoms with Gasteiger partial charge in [-0.15, -0.1) is 0 Å². The van der Waals surface area contributed by atoms with E-state index in [2.05, 4.69) is 25.9 Å². The Bertz CT molecular complexity index is 801. The van der Waals surface area contributed by atoms with Gasteiger partial charge >= 0.3 is 0 Å². The van der Waals surface area contributed by atoms with Crippen LogP contribution in [0, 0.1) is 17.7 Å². The highest BCUT2D eigenvalue weighted by atomic mass is 19.1. The highest BCUT2D eigenvalue weighted by molar-refractivity contribution is 5.92. The van der Waals surface area contributed by atoms with Crippen molar-refractivity contribution in [2.45, 2.75) is 38.1 Å². The van der Waals surface area contributed by atoms with E-state index in [1.807, 2.05) is 6.08 Å². The third-order valence-corrected chi connectivity index (χ3v) is 6.08. The van der Waals surface area contributed by atoms with Gasteiger partial charge in [0.15, 0.2) is 0 Å². The van der Waals surface area contributed by atoms with Crippen molar-refractivity contribution in [2.24, 2.45) is 16.8 Å². The molecule has 2 fully saturated rings. The minimum atomic E-state index is -0.403. The molecular formula is C22H30FN5O2. The van der Waals surface area contributed by atoms with Crippen LogP contribution >= 0.6 is 0 Å². The number of carbonyl (C=O) groups is 1. The molecule has 8 heteroatoms. The van der Waals surface area contributed by atoms with Crippen LogP contribution in [-0.2, 0) is 9.53 Å². The van der Waals surface area contributed by atoms with Gasteiger partial charge in [-0.25, -0.2) is 9.37 Å². The molecule has 0 bridgehead atoms. The van der Waals surface area contributed by atoms with Crippen LogP contribution in [0.25, 0.3) is 0 Å². The van der Waals surface area contributed by atoms with Crippen LogP contribution in [0.15, 0.2) is 29.0 Å². The third kappa shape index (κ3) is 5.43. The van der Waals surface area contributed by atoms with E-state index in [4.69, 9.17) is 4.74 Å². The van der Waals surface area contributed by atoms with Gasteiger partial charge in [0.1, 0.15) is 11.6 Å². The molecular weight excluding hydrogens is 385 g/mol. The summed E-state index contributed by atoms with van der Waals surface area (Å²) < 4.78 is 19.9. The molecule has 162 valence electrons. The zero-order valence-electron chi connectivity index (χ0n) is 17.2. The fourth-order valence-corrected chi connectivity index (χ4v) is 4.20. The summed E-state index contributed by atoms with van der Waals surface area (Å²) in [5.41, 5.74) is 1.51. The number of aromatic nitrogens is 1. The van der Waals surface area contributed by atoms with Gasteiger partial charge in [0.25, 0.3) is 0 Å². The summed E-state index contributed by atoms with van der Waals surface area (Å²) in [5.74, 6) is 0.429. The van der Waals surface area contributed by atoms with Crippen LogP contribution in [0.4, 0.5) is 10.2 Å². The van der Waals surface area contributed by atoms with Crippen molar-refractivity contribution < 1.29 is 13.9 Å². The number of rotatable bonds is 6. The van der Waals surface area contributed by atoms with Crippen molar-refractivity contribution >= 4 is 17.9 Å². The van der Waals surface area contributed by atoms with Crippen LogP contribution < -0.4 is 16.0 Å². The molecule has 4 rings (SSSR count). The SMILES string of the molecule is O=C(Nc1cc(C2CC(NCC3CCOCC3)=CC=N2)c(F)cn1)[C@@H]1CCCNC1. The highest BCUT2D eigenvalue weighted by Crippen LogP contribution is 2.30. The predicted molar refractivity (Wildman–Crippen MR) is 114 cm³/mol. The summed E-state index contributed by atoms with van der Waals surface area (Å²) in [6, 6.07) is 1.29. The molecule has 7 nitrogen and oxygen atoms in total. The molecule has 30 heavy (non-hydrogen) atoms. The Morgan fingerprint density at radius 3 is 2.97 bits per heavy atom. The van der Waals surface area contributed by atoms with E-state index in [0.29, 0.717) is 30.3 Å². The average Bonchev–Trinajstić information content (AvgIpc) is 2.80. The maximum atomic E-state index is 14.5. The summed E-state index contributed by atoms with van der Waals surface area (Å²) >= 11 is 0. The number of hydrogen-bond donors (Lipinski definition) is 3. The molecule has 0 spiro atoms. The molecule has 0 saturated carbocycles. The van der Waals surface area contributed by atoms with E-state index in [1.54, 1.807) is 12.3 Å². The molecule has 2 saturated heterocycles. The van der Waals surface area contributed by atoms with Crippen LogP contribution in [0.1, 0.15) is 43.7 Å². The van der Waals surface area contributed by atoms with Crippen LogP contribution in [0.2, 0.25) is 0 Å². The first-order valence-corrected chi connectivity index (χ1v) is 10.9. The number of carbonyl (C=O) groups excluding carboxylic acids is 1. The highest BCUT2D eigenvalue weighted by Gasteiger charge is 2.24. The van der Waals surface area contributed by atoms with Crippen LogP contribution in [-0.4, -0.2) is 50.0 Å². The first kappa shape index (κ1) is 20.9. The predicted octanol–water partition coefficient (Wildman–Crippen LogP) is 2.57. The molecule has 3 N–H and O–H groups in total. The summed E-state index contributed by atoms with van der Waals surface area (Å²) in [4.78, 5) is 21.0. The van der Waals surface area contributed by atoms with E-state index in [1.165, 1.54) is 6.20 Å². The Labute approximate surface area is 176 Å². The zero-order chi connectivity index (χ0) is 20.8. The van der Waals surface area contributed by atoms with Crippen molar-refractivity contribution in [2.75, 3.05) is 38.2 Å². The van der Waals surface area contributed by atoms with E-state index in [-0.39, 0.29) is 17.9 Å².